The molecule has 2 aliphatic rings. The van der Waals surface area contributed by atoms with E-state index in [-0.39, 0.29) is 0 Å². The number of rotatable bonds is 5. The molecule has 2 fully saturated rings. The van der Waals surface area contributed by atoms with Gasteiger partial charge in [0.25, 0.3) is 0 Å². The lowest BCUT2D eigenvalue weighted by Crippen LogP contribution is -2.37. The van der Waals surface area contributed by atoms with Crippen LogP contribution in [-0.4, -0.2) is 37.0 Å². The molecule has 1 saturated carbocycles. The topological polar surface area (TPSA) is 41.5 Å². The Labute approximate surface area is 105 Å². The summed E-state index contributed by atoms with van der Waals surface area (Å²) in [7, 11) is 0. The summed E-state index contributed by atoms with van der Waals surface area (Å²) >= 11 is 0. The Kier molecular flexibility index (Phi) is 5.26. The second kappa shape index (κ2) is 6.72. The fourth-order valence-electron chi connectivity index (χ4n) is 3.04. The zero-order chi connectivity index (χ0) is 12.0. The lowest BCUT2D eigenvalue weighted by Gasteiger charge is -2.32. The molecule has 0 aromatic rings. The molecule has 1 saturated heterocycles. The predicted molar refractivity (Wildman–Crippen MR) is 69.1 cm³/mol. The highest BCUT2D eigenvalue weighted by atomic mass is 16.5. The van der Waals surface area contributed by atoms with E-state index in [1.807, 2.05) is 0 Å². The molecule has 0 aromatic heterocycles. The van der Waals surface area contributed by atoms with Crippen LogP contribution in [0.3, 0.4) is 0 Å². The Morgan fingerprint density at radius 1 is 1.18 bits per heavy atom. The van der Waals surface area contributed by atoms with E-state index in [1.54, 1.807) is 0 Å². The molecule has 3 nitrogen and oxygen atoms in total. The first-order valence-electron chi connectivity index (χ1n) is 7.29. The van der Waals surface area contributed by atoms with E-state index in [1.165, 1.54) is 25.8 Å². The molecule has 1 aliphatic heterocycles. The molecule has 2 N–H and O–H groups in total. The third kappa shape index (κ3) is 4.57. The summed E-state index contributed by atoms with van der Waals surface area (Å²) in [4.78, 5) is 0. The Morgan fingerprint density at radius 3 is 2.71 bits per heavy atom. The molecule has 1 atom stereocenters. The maximum absolute atomic E-state index is 10.3. The van der Waals surface area contributed by atoms with Gasteiger partial charge in [0.15, 0.2) is 0 Å². The monoisotopic (exact) mass is 241 g/mol. The molecular formula is C14H27NO2. The van der Waals surface area contributed by atoms with Crippen LogP contribution in [0.15, 0.2) is 0 Å². The molecule has 0 spiro atoms. The Bertz CT molecular complexity index is 208. The van der Waals surface area contributed by atoms with E-state index in [0.717, 1.165) is 51.2 Å². The van der Waals surface area contributed by atoms with Gasteiger partial charge in [-0.1, -0.05) is 19.3 Å². The lowest BCUT2D eigenvalue weighted by atomic mass is 9.85. The summed E-state index contributed by atoms with van der Waals surface area (Å²) in [5, 5.41) is 13.7. The highest BCUT2D eigenvalue weighted by molar-refractivity contribution is 4.81. The average molecular weight is 241 g/mol. The normalized spacial score (nSPS) is 29.1. The van der Waals surface area contributed by atoms with Crippen LogP contribution in [-0.2, 0) is 4.74 Å². The van der Waals surface area contributed by atoms with E-state index in [2.05, 4.69) is 5.32 Å². The van der Waals surface area contributed by atoms with E-state index in [4.69, 9.17) is 4.74 Å². The molecule has 2 rings (SSSR count). The zero-order valence-electron chi connectivity index (χ0n) is 10.9. The van der Waals surface area contributed by atoms with Gasteiger partial charge in [0, 0.05) is 6.61 Å². The summed E-state index contributed by atoms with van der Waals surface area (Å²) in [6.07, 6.45) is 9.23. The molecule has 17 heavy (non-hydrogen) atoms. The van der Waals surface area contributed by atoms with E-state index >= 15 is 0 Å². The van der Waals surface area contributed by atoms with Gasteiger partial charge >= 0.3 is 0 Å². The summed E-state index contributed by atoms with van der Waals surface area (Å²) in [6, 6.07) is 0. The predicted octanol–water partition coefficient (Wildman–Crippen LogP) is 2.09. The fourth-order valence-corrected chi connectivity index (χ4v) is 3.04. The van der Waals surface area contributed by atoms with Crippen LogP contribution in [0.25, 0.3) is 0 Å². The first-order chi connectivity index (χ1) is 8.29. The van der Waals surface area contributed by atoms with Crippen molar-refractivity contribution in [3.05, 3.63) is 0 Å². The first kappa shape index (κ1) is 13.3. The minimum Gasteiger partial charge on any atom is -0.387 e. The van der Waals surface area contributed by atoms with Crippen molar-refractivity contribution >= 4 is 0 Å². The molecule has 100 valence electrons. The SMILES string of the molecule is OC1(COCCC2CCCNC2)CCCCC1. The van der Waals surface area contributed by atoms with Crippen molar-refractivity contribution in [3.63, 3.8) is 0 Å². The van der Waals surface area contributed by atoms with E-state index < -0.39 is 5.60 Å². The van der Waals surface area contributed by atoms with Gasteiger partial charge in [-0.15, -0.1) is 0 Å². The van der Waals surface area contributed by atoms with Crippen LogP contribution in [0.4, 0.5) is 0 Å². The molecule has 1 heterocycles. The van der Waals surface area contributed by atoms with Gasteiger partial charge in [-0.3, -0.25) is 0 Å². The third-order valence-electron chi connectivity index (χ3n) is 4.22. The standard InChI is InChI=1S/C14H27NO2/c16-14(7-2-1-3-8-14)12-17-10-6-13-5-4-9-15-11-13/h13,15-16H,1-12H2. The molecule has 0 aromatic carbocycles. The Morgan fingerprint density at radius 2 is 2.00 bits per heavy atom. The van der Waals surface area contributed by atoms with Gasteiger partial charge < -0.3 is 15.2 Å². The quantitative estimate of drug-likeness (QED) is 0.724. The number of piperidine rings is 1. The van der Waals surface area contributed by atoms with Crippen LogP contribution in [0, 0.1) is 5.92 Å². The second-order valence-electron chi connectivity index (χ2n) is 5.84. The largest absolute Gasteiger partial charge is 0.387 e. The van der Waals surface area contributed by atoms with Gasteiger partial charge in [-0.05, 0) is 51.1 Å². The van der Waals surface area contributed by atoms with E-state index in [9.17, 15) is 5.11 Å². The van der Waals surface area contributed by atoms with Crippen molar-refractivity contribution < 1.29 is 9.84 Å². The van der Waals surface area contributed by atoms with Crippen molar-refractivity contribution in [1.29, 1.82) is 0 Å². The van der Waals surface area contributed by atoms with E-state index in [0.29, 0.717) is 6.61 Å². The van der Waals surface area contributed by atoms with Crippen LogP contribution in [0.5, 0.6) is 0 Å². The number of aliphatic hydroxyl groups is 1. The van der Waals surface area contributed by atoms with Crippen LogP contribution in [0.2, 0.25) is 0 Å². The van der Waals surface area contributed by atoms with Crippen LogP contribution >= 0.6 is 0 Å². The zero-order valence-corrected chi connectivity index (χ0v) is 10.9. The molecular weight excluding hydrogens is 214 g/mol. The molecule has 0 bridgehead atoms. The van der Waals surface area contributed by atoms with Crippen LogP contribution < -0.4 is 5.32 Å². The summed E-state index contributed by atoms with van der Waals surface area (Å²) in [6.45, 7) is 3.69. The van der Waals surface area contributed by atoms with Crippen molar-refractivity contribution in [2.24, 2.45) is 5.92 Å². The Balaban J connectivity index is 1.55. The average Bonchev–Trinajstić information content (AvgIpc) is 2.37. The third-order valence-corrected chi connectivity index (χ3v) is 4.22. The van der Waals surface area contributed by atoms with Crippen molar-refractivity contribution in [2.45, 2.75) is 57.0 Å². The highest BCUT2D eigenvalue weighted by Crippen LogP contribution is 2.28. The first-order valence-corrected chi connectivity index (χ1v) is 7.29. The van der Waals surface area contributed by atoms with Gasteiger partial charge in [0.05, 0.1) is 12.2 Å². The van der Waals surface area contributed by atoms with Crippen molar-refractivity contribution in [1.82, 2.24) is 5.32 Å². The van der Waals surface area contributed by atoms with Gasteiger partial charge in [-0.2, -0.15) is 0 Å². The Hall–Kier alpha value is -0.120. The lowest BCUT2D eigenvalue weighted by molar-refractivity contribution is -0.0703. The summed E-state index contributed by atoms with van der Waals surface area (Å²) < 4.78 is 5.70. The van der Waals surface area contributed by atoms with Gasteiger partial charge in [0.1, 0.15) is 0 Å². The number of hydrogen-bond donors (Lipinski definition) is 2. The smallest absolute Gasteiger partial charge is 0.0880 e. The molecule has 0 amide bonds. The number of ether oxygens (including phenoxy) is 1. The number of hydrogen-bond acceptors (Lipinski definition) is 3. The van der Waals surface area contributed by atoms with Crippen molar-refractivity contribution in [3.8, 4) is 0 Å². The summed E-state index contributed by atoms with van der Waals surface area (Å²) in [5.74, 6) is 0.782. The maximum Gasteiger partial charge on any atom is 0.0880 e. The molecule has 1 aliphatic carbocycles. The second-order valence-corrected chi connectivity index (χ2v) is 5.84. The summed E-state index contributed by atoms with van der Waals surface area (Å²) in [5.41, 5.74) is -0.511. The minimum absolute atomic E-state index is 0.511. The maximum atomic E-state index is 10.3. The minimum atomic E-state index is -0.511. The van der Waals surface area contributed by atoms with Crippen LogP contribution in [0.1, 0.15) is 51.4 Å². The highest BCUT2D eigenvalue weighted by Gasteiger charge is 2.29. The van der Waals surface area contributed by atoms with Crippen molar-refractivity contribution in [2.75, 3.05) is 26.3 Å². The van der Waals surface area contributed by atoms with Gasteiger partial charge in [-0.25, -0.2) is 0 Å². The molecule has 0 radical (unpaired) electrons. The number of nitrogens with one attached hydrogen (secondary N) is 1. The fraction of sp³-hybridized carbons (Fsp3) is 1.00. The molecule has 1 unspecified atom stereocenters. The molecule has 3 heteroatoms. The van der Waals surface area contributed by atoms with Gasteiger partial charge in [0.2, 0.25) is 0 Å².